The lowest BCUT2D eigenvalue weighted by atomic mass is 10.1. The van der Waals surface area contributed by atoms with E-state index >= 15 is 0 Å². The second-order valence-corrected chi connectivity index (χ2v) is 6.21. The minimum atomic E-state index is -1.23. The molecule has 0 aliphatic rings. The summed E-state index contributed by atoms with van der Waals surface area (Å²) in [4.78, 5) is 47.3. The van der Waals surface area contributed by atoms with Crippen LogP contribution in [0.15, 0.2) is 42.5 Å². The van der Waals surface area contributed by atoms with E-state index in [-0.39, 0.29) is 17.7 Å². The summed E-state index contributed by atoms with van der Waals surface area (Å²) >= 11 is 0. The number of carbonyl (C=O) groups excluding carboxylic acids is 3. The summed E-state index contributed by atoms with van der Waals surface area (Å²) in [6.07, 6.45) is -1.23. The fraction of sp³-hybridized carbons (Fsp3) is 0.286. The van der Waals surface area contributed by atoms with Gasteiger partial charge in [0.15, 0.2) is 6.10 Å². The Labute approximate surface area is 178 Å². The van der Waals surface area contributed by atoms with Crippen molar-refractivity contribution in [3.05, 3.63) is 63.7 Å². The average molecular weight is 430 g/mol. The first-order chi connectivity index (χ1) is 14.8. The minimum absolute atomic E-state index is 0.0573. The molecule has 10 heteroatoms. The second kappa shape index (κ2) is 10.7. The van der Waals surface area contributed by atoms with Crippen LogP contribution < -0.4 is 10.1 Å². The van der Waals surface area contributed by atoms with Crippen molar-refractivity contribution in [2.24, 2.45) is 0 Å². The van der Waals surface area contributed by atoms with Crippen molar-refractivity contribution in [3.63, 3.8) is 0 Å². The first-order valence-corrected chi connectivity index (χ1v) is 9.47. The van der Waals surface area contributed by atoms with Crippen LogP contribution in [0.25, 0.3) is 0 Å². The SMILES string of the molecule is CCOC(=O)c1cc(C(=O)OC(C)C(=O)Nc2ccccc2OCC)cc([N+](=O)[O-])c1. The van der Waals surface area contributed by atoms with Gasteiger partial charge < -0.3 is 19.5 Å². The van der Waals surface area contributed by atoms with Crippen molar-refractivity contribution in [3.8, 4) is 5.75 Å². The number of carbonyl (C=O) groups is 3. The zero-order valence-corrected chi connectivity index (χ0v) is 17.2. The van der Waals surface area contributed by atoms with Gasteiger partial charge in [0, 0.05) is 12.1 Å². The molecule has 1 unspecified atom stereocenters. The summed E-state index contributed by atoms with van der Waals surface area (Å²) in [6, 6.07) is 9.82. The number of nitro groups is 1. The lowest BCUT2D eigenvalue weighted by Crippen LogP contribution is -2.30. The zero-order valence-electron chi connectivity index (χ0n) is 17.2. The number of nitrogens with zero attached hydrogens (tertiary/aromatic N) is 1. The highest BCUT2D eigenvalue weighted by Gasteiger charge is 2.23. The number of hydrogen-bond donors (Lipinski definition) is 1. The maximum Gasteiger partial charge on any atom is 0.339 e. The first kappa shape index (κ1) is 23.3. The highest BCUT2D eigenvalue weighted by atomic mass is 16.6. The lowest BCUT2D eigenvalue weighted by molar-refractivity contribution is -0.384. The maximum absolute atomic E-state index is 12.5. The molecule has 2 aromatic carbocycles. The molecule has 10 nitrogen and oxygen atoms in total. The second-order valence-electron chi connectivity index (χ2n) is 6.21. The Kier molecular flexibility index (Phi) is 8.07. The maximum atomic E-state index is 12.5. The van der Waals surface area contributed by atoms with Gasteiger partial charge in [-0.05, 0) is 39.0 Å². The van der Waals surface area contributed by atoms with Crippen molar-refractivity contribution in [2.45, 2.75) is 26.9 Å². The van der Waals surface area contributed by atoms with Crippen molar-refractivity contribution >= 4 is 29.2 Å². The van der Waals surface area contributed by atoms with Crippen molar-refractivity contribution < 1.29 is 33.5 Å². The number of benzene rings is 2. The zero-order chi connectivity index (χ0) is 23.0. The minimum Gasteiger partial charge on any atom is -0.492 e. The van der Waals surface area contributed by atoms with Gasteiger partial charge in [0.1, 0.15) is 5.75 Å². The van der Waals surface area contributed by atoms with Gasteiger partial charge >= 0.3 is 11.9 Å². The van der Waals surface area contributed by atoms with Gasteiger partial charge in [-0.15, -0.1) is 0 Å². The molecule has 0 spiro atoms. The molecule has 164 valence electrons. The summed E-state index contributed by atoms with van der Waals surface area (Å²) in [7, 11) is 0. The fourth-order valence-electron chi connectivity index (χ4n) is 2.53. The van der Waals surface area contributed by atoms with E-state index in [1.165, 1.54) is 6.92 Å². The summed E-state index contributed by atoms with van der Waals surface area (Å²) in [5.41, 5.74) is -0.519. The standard InChI is InChI=1S/C21H22N2O8/c1-4-29-18-9-7-6-8-17(18)22-19(24)13(3)31-21(26)15-10-14(20(25)30-5-2)11-16(12-15)23(27)28/h6-13H,4-5H2,1-3H3,(H,22,24). The van der Waals surface area contributed by atoms with Gasteiger partial charge in [0.25, 0.3) is 11.6 Å². The number of amides is 1. The third-order valence-corrected chi connectivity index (χ3v) is 3.97. The number of nitrogens with one attached hydrogen (secondary N) is 1. The molecule has 1 N–H and O–H groups in total. The smallest absolute Gasteiger partial charge is 0.339 e. The molecule has 0 aliphatic heterocycles. The van der Waals surface area contributed by atoms with Crippen LogP contribution >= 0.6 is 0 Å². The van der Waals surface area contributed by atoms with E-state index in [1.807, 2.05) is 0 Å². The molecule has 0 saturated heterocycles. The highest BCUT2D eigenvalue weighted by molar-refractivity contribution is 6.00. The van der Waals surface area contributed by atoms with Crippen LogP contribution in [0.5, 0.6) is 5.75 Å². The van der Waals surface area contributed by atoms with Gasteiger partial charge in [-0.2, -0.15) is 0 Å². The quantitative estimate of drug-likeness (QED) is 0.364. The first-order valence-electron chi connectivity index (χ1n) is 9.47. The Morgan fingerprint density at radius 1 is 1.03 bits per heavy atom. The van der Waals surface area contributed by atoms with E-state index in [9.17, 15) is 24.5 Å². The van der Waals surface area contributed by atoms with Gasteiger partial charge in [0.2, 0.25) is 0 Å². The Balaban J connectivity index is 2.17. The van der Waals surface area contributed by atoms with Gasteiger partial charge in [-0.25, -0.2) is 9.59 Å². The number of esters is 2. The predicted octanol–water partition coefficient (Wildman–Crippen LogP) is 3.35. The molecule has 31 heavy (non-hydrogen) atoms. The molecule has 0 aliphatic carbocycles. The molecule has 0 aromatic heterocycles. The van der Waals surface area contributed by atoms with E-state index in [4.69, 9.17) is 14.2 Å². The fourth-order valence-corrected chi connectivity index (χ4v) is 2.53. The summed E-state index contributed by atoms with van der Waals surface area (Å²) in [5.74, 6) is -2.00. The number of anilines is 1. The number of nitro benzene ring substituents is 1. The van der Waals surface area contributed by atoms with Gasteiger partial charge in [-0.1, -0.05) is 12.1 Å². The summed E-state index contributed by atoms with van der Waals surface area (Å²) in [5, 5.41) is 13.8. The van der Waals surface area contributed by atoms with Crippen LogP contribution in [0.3, 0.4) is 0 Å². The normalized spacial score (nSPS) is 11.2. The number of rotatable bonds is 9. The third-order valence-electron chi connectivity index (χ3n) is 3.97. The van der Waals surface area contributed by atoms with E-state index in [2.05, 4.69) is 5.32 Å². The number of non-ortho nitro benzene ring substituents is 1. The predicted molar refractivity (Wildman–Crippen MR) is 110 cm³/mol. The Hall–Kier alpha value is -3.95. The summed E-state index contributed by atoms with van der Waals surface area (Å²) in [6.45, 7) is 5.18. The topological polar surface area (TPSA) is 134 Å². The van der Waals surface area contributed by atoms with Crippen LogP contribution in [0.4, 0.5) is 11.4 Å². The molecule has 0 fully saturated rings. The lowest BCUT2D eigenvalue weighted by Gasteiger charge is -2.16. The monoisotopic (exact) mass is 430 g/mol. The molecule has 1 amide bonds. The third kappa shape index (κ3) is 6.26. The molecular weight excluding hydrogens is 408 g/mol. The molecule has 0 bridgehead atoms. The molecule has 0 heterocycles. The van der Waals surface area contributed by atoms with Crippen LogP contribution in [-0.2, 0) is 14.3 Å². The van der Waals surface area contributed by atoms with Crippen LogP contribution in [0.2, 0.25) is 0 Å². The van der Waals surface area contributed by atoms with Gasteiger partial charge in [-0.3, -0.25) is 14.9 Å². The number of hydrogen-bond acceptors (Lipinski definition) is 8. The summed E-state index contributed by atoms with van der Waals surface area (Å²) < 4.78 is 15.4. The number of ether oxygens (including phenoxy) is 3. The Morgan fingerprint density at radius 2 is 1.68 bits per heavy atom. The Bertz CT molecular complexity index is 989. The van der Waals surface area contributed by atoms with Crippen LogP contribution in [-0.4, -0.2) is 42.1 Å². The van der Waals surface area contributed by atoms with Crippen molar-refractivity contribution in [1.82, 2.24) is 0 Å². The highest BCUT2D eigenvalue weighted by Crippen LogP contribution is 2.24. The molecule has 2 rings (SSSR count). The van der Waals surface area contributed by atoms with E-state index in [1.54, 1.807) is 38.1 Å². The van der Waals surface area contributed by atoms with E-state index < -0.39 is 34.6 Å². The van der Waals surface area contributed by atoms with E-state index in [0.717, 1.165) is 18.2 Å². The van der Waals surface area contributed by atoms with Crippen molar-refractivity contribution in [1.29, 1.82) is 0 Å². The van der Waals surface area contributed by atoms with Crippen molar-refractivity contribution in [2.75, 3.05) is 18.5 Å². The molecule has 1 atom stereocenters. The van der Waals surface area contributed by atoms with Crippen LogP contribution in [0.1, 0.15) is 41.5 Å². The molecule has 0 radical (unpaired) electrons. The average Bonchev–Trinajstić information content (AvgIpc) is 2.74. The van der Waals surface area contributed by atoms with Gasteiger partial charge in [0.05, 0.1) is 35.0 Å². The Morgan fingerprint density at radius 3 is 2.29 bits per heavy atom. The molecule has 2 aromatic rings. The molecular formula is C21H22N2O8. The molecule has 0 saturated carbocycles. The largest absolute Gasteiger partial charge is 0.492 e. The van der Waals surface area contributed by atoms with E-state index in [0.29, 0.717) is 18.0 Å². The number of para-hydroxylation sites is 2. The van der Waals surface area contributed by atoms with Crippen LogP contribution in [0, 0.1) is 10.1 Å².